The number of imidazole rings is 1. The number of hydrogen-bond acceptors (Lipinski definition) is 3. The molecule has 2 amide bonds. The van der Waals surface area contributed by atoms with Gasteiger partial charge in [-0.2, -0.15) is 0 Å². The van der Waals surface area contributed by atoms with Crippen LogP contribution in [0.5, 0.6) is 0 Å². The Morgan fingerprint density at radius 2 is 1.78 bits per heavy atom. The van der Waals surface area contributed by atoms with E-state index in [0.717, 1.165) is 23.2 Å². The van der Waals surface area contributed by atoms with Crippen molar-refractivity contribution in [3.8, 4) is 0 Å². The van der Waals surface area contributed by atoms with Crippen LogP contribution in [0.3, 0.4) is 0 Å². The molecule has 32 heavy (non-hydrogen) atoms. The van der Waals surface area contributed by atoms with E-state index < -0.39 is 0 Å². The summed E-state index contributed by atoms with van der Waals surface area (Å²) in [5, 5.41) is 5.71. The van der Waals surface area contributed by atoms with Gasteiger partial charge in [0.1, 0.15) is 5.82 Å². The number of rotatable bonds is 7. The topological polar surface area (TPSA) is 76.0 Å². The average molecular weight is 430 g/mol. The van der Waals surface area contributed by atoms with Gasteiger partial charge in [0.2, 0.25) is 5.91 Å². The Kier molecular flexibility index (Phi) is 6.26. The lowest BCUT2D eigenvalue weighted by molar-refractivity contribution is -0.116. The van der Waals surface area contributed by atoms with Gasteiger partial charge in [-0.05, 0) is 60.5 Å². The van der Waals surface area contributed by atoms with E-state index >= 15 is 0 Å². The number of aryl methyl sites for hydroxylation is 2. The zero-order chi connectivity index (χ0) is 22.5. The first kappa shape index (κ1) is 21.2. The van der Waals surface area contributed by atoms with Crippen molar-refractivity contribution in [1.29, 1.82) is 0 Å². The fourth-order valence-electron chi connectivity index (χ4n) is 3.51. The smallest absolute Gasteiger partial charge is 0.255 e. The third-order valence-corrected chi connectivity index (χ3v) is 5.24. The molecule has 0 aliphatic rings. The predicted octanol–water partition coefficient (Wildman–Crippen LogP) is 5.02. The number of anilines is 2. The third kappa shape index (κ3) is 4.83. The van der Waals surface area contributed by atoms with Crippen LogP contribution >= 0.6 is 0 Å². The lowest BCUT2D eigenvalue weighted by Crippen LogP contribution is -2.14. The van der Waals surface area contributed by atoms with Crippen molar-refractivity contribution in [3.05, 3.63) is 90.0 Å². The molecular formula is C25H23FN4O2. The van der Waals surface area contributed by atoms with Crippen molar-refractivity contribution in [1.82, 2.24) is 9.55 Å². The molecule has 3 aromatic carbocycles. The van der Waals surface area contributed by atoms with Crippen LogP contribution in [0.25, 0.3) is 11.0 Å². The van der Waals surface area contributed by atoms with Gasteiger partial charge in [-0.3, -0.25) is 9.59 Å². The number of benzene rings is 3. The molecule has 4 aromatic rings. The Balaban J connectivity index is 1.41. The number of halogens is 1. The number of nitrogens with zero attached hydrogens (tertiary/aromatic N) is 2. The molecule has 1 aromatic heterocycles. The van der Waals surface area contributed by atoms with Crippen LogP contribution in [0.1, 0.15) is 29.3 Å². The molecule has 1 heterocycles. The van der Waals surface area contributed by atoms with E-state index in [1.54, 1.807) is 18.5 Å². The summed E-state index contributed by atoms with van der Waals surface area (Å²) in [6.45, 7) is 2.47. The fraction of sp³-hybridized carbons (Fsp3) is 0.160. The zero-order valence-corrected chi connectivity index (χ0v) is 17.6. The molecular weight excluding hydrogens is 407 g/mol. The van der Waals surface area contributed by atoms with E-state index in [0.29, 0.717) is 23.3 Å². The molecule has 0 spiro atoms. The van der Waals surface area contributed by atoms with Gasteiger partial charge in [0.05, 0.1) is 17.4 Å². The van der Waals surface area contributed by atoms with Crippen molar-refractivity contribution < 1.29 is 14.0 Å². The first-order valence-electron chi connectivity index (χ1n) is 10.4. The highest BCUT2D eigenvalue weighted by Gasteiger charge is 2.12. The molecule has 0 unspecified atom stereocenters. The second kappa shape index (κ2) is 9.43. The van der Waals surface area contributed by atoms with E-state index in [1.165, 1.54) is 24.3 Å². The summed E-state index contributed by atoms with van der Waals surface area (Å²) in [5.41, 5.74) is 4.46. The van der Waals surface area contributed by atoms with Gasteiger partial charge in [-0.25, -0.2) is 9.37 Å². The largest absolute Gasteiger partial charge is 0.330 e. The first-order valence-corrected chi connectivity index (χ1v) is 10.4. The molecule has 0 aliphatic carbocycles. The Hall–Kier alpha value is -4.00. The van der Waals surface area contributed by atoms with Crippen molar-refractivity contribution in [2.75, 3.05) is 10.6 Å². The molecule has 162 valence electrons. The van der Waals surface area contributed by atoms with E-state index in [1.807, 2.05) is 41.8 Å². The van der Waals surface area contributed by atoms with E-state index in [9.17, 15) is 14.0 Å². The standard InChI is InChI=1S/C25H23FN4O2/c1-2-17-5-3-4-6-21(17)29-25(32)18-7-12-23-22(15-18)27-16-30(23)14-13-24(31)28-20-10-8-19(26)9-11-20/h3-12,15-16H,2,13-14H2,1H3,(H,28,31)(H,29,32). The SMILES string of the molecule is CCc1ccccc1NC(=O)c1ccc2c(c1)ncn2CCC(=O)Nc1ccc(F)cc1. The van der Waals surface area contributed by atoms with E-state index in [2.05, 4.69) is 15.6 Å². The lowest BCUT2D eigenvalue weighted by Gasteiger charge is -2.10. The number of aromatic nitrogens is 2. The number of nitrogens with one attached hydrogen (secondary N) is 2. The number of para-hydroxylation sites is 1. The molecule has 0 fully saturated rings. The van der Waals surface area contributed by atoms with Crippen LogP contribution in [-0.2, 0) is 17.8 Å². The number of amides is 2. The number of carbonyl (C=O) groups is 2. The second-order valence-electron chi connectivity index (χ2n) is 7.41. The number of fused-ring (bicyclic) bond motifs is 1. The van der Waals surface area contributed by atoms with E-state index in [4.69, 9.17) is 0 Å². The molecule has 0 atom stereocenters. The molecule has 0 bridgehead atoms. The summed E-state index contributed by atoms with van der Waals surface area (Å²) < 4.78 is 14.8. The minimum Gasteiger partial charge on any atom is -0.330 e. The fourth-order valence-corrected chi connectivity index (χ4v) is 3.51. The van der Waals surface area contributed by atoms with Crippen LogP contribution in [0, 0.1) is 5.82 Å². The van der Waals surface area contributed by atoms with Crippen molar-refractivity contribution in [3.63, 3.8) is 0 Å². The van der Waals surface area contributed by atoms with Crippen LogP contribution in [0.2, 0.25) is 0 Å². The second-order valence-corrected chi connectivity index (χ2v) is 7.41. The van der Waals surface area contributed by atoms with Crippen molar-refractivity contribution in [2.24, 2.45) is 0 Å². The lowest BCUT2D eigenvalue weighted by atomic mass is 10.1. The molecule has 7 heteroatoms. The monoisotopic (exact) mass is 430 g/mol. The maximum Gasteiger partial charge on any atom is 0.255 e. The van der Waals surface area contributed by atoms with Crippen LogP contribution in [-0.4, -0.2) is 21.4 Å². The third-order valence-electron chi connectivity index (χ3n) is 5.24. The average Bonchev–Trinajstić information content (AvgIpc) is 3.22. The first-order chi connectivity index (χ1) is 15.5. The molecule has 4 rings (SSSR count). The van der Waals surface area contributed by atoms with Crippen LogP contribution in [0.4, 0.5) is 15.8 Å². The Labute approximate surface area is 185 Å². The molecule has 0 saturated heterocycles. The predicted molar refractivity (Wildman–Crippen MR) is 123 cm³/mol. The summed E-state index contributed by atoms with van der Waals surface area (Å²) >= 11 is 0. The normalized spacial score (nSPS) is 10.8. The highest BCUT2D eigenvalue weighted by Crippen LogP contribution is 2.19. The molecule has 2 N–H and O–H groups in total. The molecule has 0 saturated carbocycles. The summed E-state index contributed by atoms with van der Waals surface area (Å²) in [6.07, 6.45) is 2.72. The molecule has 0 aliphatic heterocycles. The Bertz CT molecular complexity index is 1260. The zero-order valence-electron chi connectivity index (χ0n) is 17.6. The maximum absolute atomic E-state index is 13.0. The Morgan fingerprint density at radius 3 is 2.56 bits per heavy atom. The number of carbonyl (C=O) groups excluding carboxylic acids is 2. The maximum atomic E-state index is 13.0. The van der Waals surface area contributed by atoms with Gasteiger partial charge in [0, 0.05) is 29.9 Å². The summed E-state index contributed by atoms with van der Waals surface area (Å²) in [5.74, 6) is -0.722. The van der Waals surface area contributed by atoms with Gasteiger partial charge in [-0.15, -0.1) is 0 Å². The van der Waals surface area contributed by atoms with Gasteiger partial charge in [-0.1, -0.05) is 25.1 Å². The van der Waals surface area contributed by atoms with E-state index in [-0.39, 0.29) is 24.1 Å². The van der Waals surface area contributed by atoms with Gasteiger partial charge < -0.3 is 15.2 Å². The minimum absolute atomic E-state index is 0.177. The highest BCUT2D eigenvalue weighted by atomic mass is 19.1. The van der Waals surface area contributed by atoms with Crippen molar-refractivity contribution in [2.45, 2.75) is 26.3 Å². The van der Waals surface area contributed by atoms with Gasteiger partial charge in [0.25, 0.3) is 5.91 Å². The highest BCUT2D eigenvalue weighted by molar-refractivity contribution is 6.06. The quantitative estimate of drug-likeness (QED) is 0.432. The molecule has 6 nitrogen and oxygen atoms in total. The van der Waals surface area contributed by atoms with Gasteiger partial charge >= 0.3 is 0 Å². The van der Waals surface area contributed by atoms with Crippen LogP contribution < -0.4 is 10.6 Å². The molecule has 0 radical (unpaired) electrons. The Morgan fingerprint density at radius 1 is 1.00 bits per heavy atom. The summed E-state index contributed by atoms with van der Waals surface area (Å²) in [7, 11) is 0. The summed E-state index contributed by atoms with van der Waals surface area (Å²) in [4.78, 5) is 29.3. The van der Waals surface area contributed by atoms with Crippen LogP contribution in [0.15, 0.2) is 73.1 Å². The minimum atomic E-state index is -0.351. The number of hydrogen-bond donors (Lipinski definition) is 2. The van der Waals surface area contributed by atoms with Crippen molar-refractivity contribution >= 4 is 34.2 Å². The van der Waals surface area contributed by atoms with Gasteiger partial charge in [0.15, 0.2) is 0 Å². The summed E-state index contributed by atoms with van der Waals surface area (Å²) in [6, 6.07) is 18.7.